The first-order valence-electron chi connectivity index (χ1n) is 7.40. The van der Waals surface area contributed by atoms with Gasteiger partial charge in [-0.1, -0.05) is 12.1 Å². The standard InChI is InChI=1S/C17H15F3N2O2/c1-2-22-15-9-13(7-8-14(15)21-16(22)23)24-10-11-3-5-12(6-4-11)17(18,19)20/h3-9H,2,10H2,1H3,(H,21,23). The van der Waals surface area contributed by atoms with Gasteiger partial charge >= 0.3 is 11.9 Å². The zero-order valence-electron chi connectivity index (χ0n) is 12.9. The minimum atomic E-state index is -4.34. The Balaban J connectivity index is 1.77. The van der Waals surface area contributed by atoms with E-state index in [9.17, 15) is 18.0 Å². The van der Waals surface area contributed by atoms with E-state index in [2.05, 4.69) is 4.98 Å². The molecule has 0 unspecified atom stereocenters. The van der Waals surface area contributed by atoms with Gasteiger partial charge in [-0.05, 0) is 36.8 Å². The number of hydrogen-bond acceptors (Lipinski definition) is 2. The lowest BCUT2D eigenvalue weighted by molar-refractivity contribution is -0.137. The Morgan fingerprint density at radius 3 is 2.46 bits per heavy atom. The van der Waals surface area contributed by atoms with E-state index in [0.717, 1.165) is 17.6 Å². The number of hydrogen-bond donors (Lipinski definition) is 1. The van der Waals surface area contributed by atoms with Crippen molar-refractivity contribution in [1.82, 2.24) is 9.55 Å². The molecule has 4 nitrogen and oxygen atoms in total. The lowest BCUT2D eigenvalue weighted by atomic mass is 10.1. The molecule has 3 rings (SSSR count). The van der Waals surface area contributed by atoms with Gasteiger partial charge in [-0.2, -0.15) is 13.2 Å². The van der Waals surface area contributed by atoms with E-state index >= 15 is 0 Å². The second kappa shape index (κ2) is 6.07. The maximum atomic E-state index is 12.5. The van der Waals surface area contributed by atoms with Crippen LogP contribution in [0.3, 0.4) is 0 Å². The van der Waals surface area contributed by atoms with Crippen LogP contribution >= 0.6 is 0 Å². The molecule has 0 amide bonds. The molecule has 24 heavy (non-hydrogen) atoms. The van der Waals surface area contributed by atoms with E-state index in [4.69, 9.17) is 4.74 Å². The number of fused-ring (bicyclic) bond motifs is 1. The second-order valence-corrected chi connectivity index (χ2v) is 5.34. The Kier molecular flexibility index (Phi) is 4.09. The Hall–Kier alpha value is -2.70. The maximum Gasteiger partial charge on any atom is 0.416 e. The first kappa shape index (κ1) is 16.2. The average molecular weight is 336 g/mol. The van der Waals surface area contributed by atoms with Gasteiger partial charge < -0.3 is 9.72 Å². The highest BCUT2D eigenvalue weighted by molar-refractivity contribution is 5.76. The first-order valence-corrected chi connectivity index (χ1v) is 7.40. The minimum absolute atomic E-state index is 0.143. The van der Waals surface area contributed by atoms with Gasteiger partial charge in [0.05, 0.1) is 16.6 Å². The van der Waals surface area contributed by atoms with E-state index in [1.54, 1.807) is 22.8 Å². The normalized spacial score (nSPS) is 11.8. The number of benzene rings is 2. The fourth-order valence-electron chi connectivity index (χ4n) is 2.49. The summed E-state index contributed by atoms with van der Waals surface area (Å²) in [5.74, 6) is 0.545. The van der Waals surface area contributed by atoms with Crippen molar-refractivity contribution in [3.05, 3.63) is 64.1 Å². The van der Waals surface area contributed by atoms with E-state index in [1.165, 1.54) is 12.1 Å². The smallest absolute Gasteiger partial charge is 0.416 e. The van der Waals surface area contributed by atoms with Crippen molar-refractivity contribution >= 4 is 11.0 Å². The SMILES string of the molecule is CCn1c(=O)[nH]c2ccc(OCc3ccc(C(F)(F)F)cc3)cc21. The summed E-state index contributed by atoms with van der Waals surface area (Å²) in [4.78, 5) is 14.5. The molecule has 1 N–H and O–H groups in total. The van der Waals surface area contributed by atoms with Crippen molar-refractivity contribution in [2.24, 2.45) is 0 Å². The number of halogens is 3. The third kappa shape index (κ3) is 3.15. The number of alkyl halides is 3. The predicted octanol–water partition coefficient (Wildman–Crippen LogP) is 3.95. The Bertz CT molecular complexity index is 908. The molecule has 0 aliphatic carbocycles. The minimum Gasteiger partial charge on any atom is -0.489 e. The van der Waals surface area contributed by atoms with Gasteiger partial charge in [0.15, 0.2) is 0 Å². The van der Waals surface area contributed by atoms with Gasteiger partial charge in [0.25, 0.3) is 0 Å². The van der Waals surface area contributed by atoms with Crippen molar-refractivity contribution in [3.8, 4) is 5.75 Å². The molecular weight excluding hydrogens is 321 g/mol. The molecule has 0 aliphatic rings. The maximum absolute atomic E-state index is 12.5. The molecule has 126 valence electrons. The molecule has 0 saturated heterocycles. The molecule has 0 saturated carbocycles. The monoisotopic (exact) mass is 336 g/mol. The largest absolute Gasteiger partial charge is 0.489 e. The third-order valence-electron chi connectivity index (χ3n) is 3.75. The zero-order valence-corrected chi connectivity index (χ0v) is 12.9. The van der Waals surface area contributed by atoms with Crippen molar-refractivity contribution in [3.63, 3.8) is 0 Å². The van der Waals surface area contributed by atoms with Crippen LogP contribution < -0.4 is 10.4 Å². The second-order valence-electron chi connectivity index (χ2n) is 5.34. The predicted molar refractivity (Wildman–Crippen MR) is 84.0 cm³/mol. The van der Waals surface area contributed by atoms with E-state index in [0.29, 0.717) is 23.4 Å². The fraction of sp³-hybridized carbons (Fsp3) is 0.235. The van der Waals surface area contributed by atoms with Gasteiger partial charge in [0.2, 0.25) is 0 Å². The van der Waals surface area contributed by atoms with Crippen LogP contribution in [-0.2, 0) is 19.3 Å². The number of aromatic amines is 1. The number of aromatic nitrogens is 2. The lowest BCUT2D eigenvalue weighted by Gasteiger charge is -2.09. The highest BCUT2D eigenvalue weighted by atomic mass is 19.4. The van der Waals surface area contributed by atoms with E-state index in [1.807, 2.05) is 6.92 Å². The van der Waals surface area contributed by atoms with Crippen molar-refractivity contribution in [2.75, 3.05) is 0 Å². The summed E-state index contributed by atoms with van der Waals surface area (Å²) in [5.41, 5.74) is 1.19. The molecule has 0 fully saturated rings. The van der Waals surface area contributed by atoms with Gasteiger partial charge in [-0.25, -0.2) is 4.79 Å². The highest BCUT2D eigenvalue weighted by Gasteiger charge is 2.29. The summed E-state index contributed by atoms with van der Waals surface area (Å²) in [6.07, 6.45) is -4.34. The highest BCUT2D eigenvalue weighted by Crippen LogP contribution is 2.29. The van der Waals surface area contributed by atoms with Gasteiger partial charge in [0.1, 0.15) is 12.4 Å². The molecule has 1 heterocycles. The van der Waals surface area contributed by atoms with Crippen molar-refractivity contribution in [2.45, 2.75) is 26.3 Å². The molecule has 1 aromatic heterocycles. The molecule has 0 bridgehead atoms. The number of rotatable bonds is 4. The fourth-order valence-corrected chi connectivity index (χ4v) is 2.49. The summed E-state index contributed by atoms with van der Waals surface area (Å²) in [5, 5.41) is 0. The summed E-state index contributed by atoms with van der Waals surface area (Å²) in [6.45, 7) is 2.54. The van der Waals surface area contributed by atoms with Crippen LogP contribution in [0.2, 0.25) is 0 Å². The summed E-state index contributed by atoms with van der Waals surface area (Å²) >= 11 is 0. The lowest BCUT2D eigenvalue weighted by Crippen LogP contribution is -2.14. The topological polar surface area (TPSA) is 47.0 Å². The molecular formula is C17H15F3N2O2. The number of nitrogens with one attached hydrogen (secondary N) is 1. The quantitative estimate of drug-likeness (QED) is 0.784. The Morgan fingerprint density at radius 1 is 1.12 bits per heavy atom. The number of aryl methyl sites for hydroxylation is 1. The Labute approximate surface area is 135 Å². The molecule has 0 atom stereocenters. The van der Waals surface area contributed by atoms with Crippen LogP contribution in [0, 0.1) is 0 Å². The van der Waals surface area contributed by atoms with Crippen LogP contribution in [0.1, 0.15) is 18.1 Å². The van der Waals surface area contributed by atoms with Gasteiger partial charge in [0, 0.05) is 12.6 Å². The summed E-state index contributed by atoms with van der Waals surface area (Å²) < 4.78 is 44.8. The molecule has 7 heteroatoms. The summed E-state index contributed by atoms with van der Waals surface area (Å²) in [7, 11) is 0. The van der Waals surface area contributed by atoms with Crippen LogP contribution in [0.25, 0.3) is 11.0 Å². The summed E-state index contributed by atoms with van der Waals surface area (Å²) in [6, 6.07) is 10.0. The molecule has 0 aliphatic heterocycles. The molecule has 2 aromatic carbocycles. The van der Waals surface area contributed by atoms with Crippen LogP contribution in [0.5, 0.6) is 5.75 Å². The van der Waals surface area contributed by atoms with E-state index < -0.39 is 11.7 Å². The number of imidazole rings is 1. The first-order chi connectivity index (χ1) is 11.4. The molecule has 0 spiro atoms. The number of nitrogens with zero attached hydrogens (tertiary/aromatic N) is 1. The number of H-pyrrole nitrogens is 1. The van der Waals surface area contributed by atoms with Gasteiger partial charge in [-0.15, -0.1) is 0 Å². The molecule has 0 radical (unpaired) electrons. The molecule has 3 aromatic rings. The van der Waals surface area contributed by atoms with Crippen LogP contribution in [0.15, 0.2) is 47.3 Å². The van der Waals surface area contributed by atoms with E-state index in [-0.39, 0.29) is 12.3 Å². The van der Waals surface area contributed by atoms with Crippen molar-refractivity contribution in [1.29, 1.82) is 0 Å². The van der Waals surface area contributed by atoms with Crippen LogP contribution in [-0.4, -0.2) is 9.55 Å². The zero-order chi connectivity index (χ0) is 17.3. The Morgan fingerprint density at radius 2 is 1.83 bits per heavy atom. The number of ether oxygens (including phenoxy) is 1. The van der Waals surface area contributed by atoms with Crippen molar-refractivity contribution < 1.29 is 17.9 Å². The van der Waals surface area contributed by atoms with Gasteiger partial charge in [-0.3, -0.25) is 4.57 Å². The van der Waals surface area contributed by atoms with Crippen LogP contribution in [0.4, 0.5) is 13.2 Å². The third-order valence-corrected chi connectivity index (χ3v) is 3.75. The average Bonchev–Trinajstić information content (AvgIpc) is 2.86.